The number of carbonyl (C=O) groups excluding carboxylic acids is 1. The lowest BCUT2D eigenvalue weighted by Crippen LogP contribution is -2.54. The monoisotopic (exact) mass is 276 g/mol. The van der Waals surface area contributed by atoms with E-state index in [9.17, 15) is 18.3 Å². The van der Waals surface area contributed by atoms with Crippen LogP contribution in [0.15, 0.2) is 0 Å². The fraction of sp³-hybridized carbons (Fsp3) is 0.909. The van der Waals surface area contributed by atoms with Gasteiger partial charge in [-0.3, -0.25) is 9.69 Å². The van der Waals surface area contributed by atoms with Crippen molar-refractivity contribution in [3.8, 4) is 0 Å². The second-order valence-electron chi connectivity index (χ2n) is 4.98. The van der Waals surface area contributed by atoms with E-state index in [1.165, 1.54) is 0 Å². The van der Waals surface area contributed by atoms with Crippen LogP contribution in [0.4, 0.5) is 0 Å². The molecule has 0 radical (unpaired) electrons. The summed E-state index contributed by atoms with van der Waals surface area (Å²) < 4.78 is 22.9. The highest BCUT2D eigenvalue weighted by molar-refractivity contribution is 7.91. The van der Waals surface area contributed by atoms with Crippen molar-refractivity contribution in [3.05, 3.63) is 0 Å². The van der Waals surface area contributed by atoms with Gasteiger partial charge in [0, 0.05) is 32.6 Å². The van der Waals surface area contributed by atoms with E-state index in [1.54, 1.807) is 4.90 Å². The maximum atomic E-state index is 11.5. The standard InChI is InChI=1S/C11H20N2O4S/c1-2-11(15)13-5-3-12(4-6-13)9-7-18(16,17)8-10(9)14/h9-10,14H,2-8H2,1H3. The molecule has 2 aliphatic heterocycles. The molecule has 2 atom stereocenters. The molecule has 104 valence electrons. The highest BCUT2D eigenvalue weighted by Crippen LogP contribution is 2.20. The van der Waals surface area contributed by atoms with E-state index in [2.05, 4.69) is 0 Å². The Morgan fingerprint density at radius 3 is 2.28 bits per heavy atom. The summed E-state index contributed by atoms with van der Waals surface area (Å²) in [5.74, 6) is 0.0380. The van der Waals surface area contributed by atoms with Gasteiger partial charge >= 0.3 is 0 Å². The van der Waals surface area contributed by atoms with Gasteiger partial charge in [0.25, 0.3) is 0 Å². The summed E-state index contributed by atoms with van der Waals surface area (Å²) in [5.41, 5.74) is 0. The summed E-state index contributed by atoms with van der Waals surface area (Å²) in [6.45, 7) is 4.36. The molecule has 2 saturated heterocycles. The first-order chi connectivity index (χ1) is 8.43. The molecule has 18 heavy (non-hydrogen) atoms. The second kappa shape index (κ2) is 5.14. The number of piperazine rings is 1. The summed E-state index contributed by atoms with van der Waals surface area (Å²) in [7, 11) is -3.10. The van der Waals surface area contributed by atoms with E-state index in [-0.39, 0.29) is 23.5 Å². The Labute approximate surface area is 107 Å². The van der Waals surface area contributed by atoms with Gasteiger partial charge in [0.05, 0.1) is 23.7 Å². The van der Waals surface area contributed by atoms with Gasteiger partial charge in [0.15, 0.2) is 9.84 Å². The number of aliphatic hydroxyl groups excluding tert-OH is 1. The van der Waals surface area contributed by atoms with Crippen molar-refractivity contribution in [3.63, 3.8) is 0 Å². The van der Waals surface area contributed by atoms with Gasteiger partial charge in [0.2, 0.25) is 5.91 Å². The molecule has 1 amide bonds. The number of rotatable bonds is 2. The van der Waals surface area contributed by atoms with Crippen molar-refractivity contribution in [2.75, 3.05) is 37.7 Å². The maximum Gasteiger partial charge on any atom is 0.222 e. The molecule has 0 aromatic carbocycles. The van der Waals surface area contributed by atoms with E-state index in [1.807, 2.05) is 11.8 Å². The lowest BCUT2D eigenvalue weighted by molar-refractivity contribution is -0.133. The van der Waals surface area contributed by atoms with Crippen molar-refractivity contribution in [1.29, 1.82) is 0 Å². The molecule has 2 rings (SSSR count). The fourth-order valence-corrected chi connectivity index (χ4v) is 4.52. The number of carbonyl (C=O) groups is 1. The molecular weight excluding hydrogens is 256 g/mol. The SMILES string of the molecule is CCC(=O)N1CCN(C2CS(=O)(=O)CC2O)CC1. The van der Waals surface area contributed by atoms with E-state index in [0.717, 1.165) is 0 Å². The zero-order valence-electron chi connectivity index (χ0n) is 10.6. The first-order valence-electron chi connectivity index (χ1n) is 6.33. The van der Waals surface area contributed by atoms with Crippen molar-refractivity contribution < 1.29 is 18.3 Å². The zero-order valence-corrected chi connectivity index (χ0v) is 11.4. The van der Waals surface area contributed by atoms with Gasteiger partial charge in [-0.05, 0) is 0 Å². The Balaban J connectivity index is 1.92. The lowest BCUT2D eigenvalue weighted by Gasteiger charge is -2.38. The third-order valence-electron chi connectivity index (χ3n) is 3.73. The molecule has 2 heterocycles. The molecule has 2 aliphatic rings. The molecular formula is C11H20N2O4S. The van der Waals surface area contributed by atoms with Gasteiger partial charge in [0.1, 0.15) is 0 Å². The van der Waals surface area contributed by atoms with Crippen molar-refractivity contribution in [2.45, 2.75) is 25.5 Å². The van der Waals surface area contributed by atoms with Crippen LogP contribution >= 0.6 is 0 Å². The predicted octanol–water partition coefficient (Wildman–Crippen LogP) is -1.30. The zero-order chi connectivity index (χ0) is 13.3. The first kappa shape index (κ1) is 13.8. The van der Waals surface area contributed by atoms with Crippen molar-refractivity contribution in [2.24, 2.45) is 0 Å². The molecule has 0 aliphatic carbocycles. The summed E-state index contributed by atoms with van der Waals surface area (Å²) in [5, 5.41) is 9.80. The summed E-state index contributed by atoms with van der Waals surface area (Å²) in [4.78, 5) is 15.3. The van der Waals surface area contributed by atoms with Crippen LogP contribution in [0, 0.1) is 0 Å². The molecule has 6 nitrogen and oxygen atoms in total. The normalized spacial score (nSPS) is 32.7. The molecule has 0 aromatic heterocycles. The summed E-state index contributed by atoms with van der Waals surface area (Å²) in [6.07, 6.45) is -0.288. The maximum absolute atomic E-state index is 11.5. The molecule has 7 heteroatoms. The Morgan fingerprint density at radius 1 is 1.22 bits per heavy atom. The average molecular weight is 276 g/mol. The molecule has 0 saturated carbocycles. The van der Waals surface area contributed by atoms with Crippen molar-refractivity contribution in [1.82, 2.24) is 9.80 Å². The Bertz CT molecular complexity index is 415. The summed E-state index contributed by atoms with van der Waals surface area (Å²) >= 11 is 0. The van der Waals surface area contributed by atoms with Crippen molar-refractivity contribution >= 4 is 15.7 Å². The van der Waals surface area contributed by atoms with Crippen LogP contribution in [0.3, 0.4) is 0 Å². The third kappa shape index (κ3) is 2.84. The van der Waals surface area contributed by atoms with Crippen LogP contribution in [0.25, 0.3) is 0 Å². The minimum absolute atomic E-state index is 0.0376. The van der Waals surface area contributed by atoms with Crippen LogP contribution < -0.4 is 0 Å². The number of nitrogens with zero attached hydrogens (tertiary/aromatic N) is 2. The lowest BCUT2D eigenvalue weighted by atomic mass is 10.1. The molecule has 1 N–H and O–H groups in total. The van der Waals surface area contributed by atoms with Gasteiger partial charge in [-0.2, -0.15) is 0 Å². The number of hydrogen-bond donors (Lipinski definition) is 1. The Kier molecular flexibility index (Phi) is 3.93. The predicted molar refractivity (Wildman–Crippen MR) is 66.9 cm³/mol. The largest absolute Gasteiger partial charge is 0.390 e. The van der Waals surface area contributed by atoms with E-state index < -0.39 is 15.9 Å². The number of sulfone groups is 1. The van der Waals surface area contributed by atoms with E-state index in [0.29, 0.717) is 32.6 Å². The molecule has 0 spiro atoms. The van der Waals surface area contributed by atoms with Crippen LogP contribution in [-0.4, -0.2) is 79.1 Å². The average Bonchev–Trinajstić information content (AvgIpc) is 2.62. The highest BCUT2D eigenvalue weighted by Gasteiger charge is 2.40. The Hall–Kier alpha value is -0.660. The summed E-state index contributed by atoms with van der Waals surface area (Å²) in [6, 6.07) is -0.297. The number of hydrogen-bond acceptors (Lipinski definition) is 5. The van der Waals surface area contributed by atoms with Crippen LogP contribution in [0.1, 0.15) is 13.3 Å². The van der Waals surface area contributed by atoms with E-state index >= 15 is 0 Å². The third-order valence-corrected chi connectivity index (χ3v) is 5.43. The smallest absolute Gasteiger partial charge is 0.222 e. The van der Waals surface area contributed by atoms with Crippen LogP contribution in [0.5, 0.6) is 0 Å². The van der Waals surface area contributed by atoms with E-state index in [4.69, 9.17) is 0 Å². The minimum atomic E-state index is -3.10. The van der Waals surface area contributed by atoms with Crippen LogP contribution in [-0.2, 0) is 14.6 Å². The minimum Gasteiger partial charge on any atom is -0.390 e. The Morgan fingerprint density at radius 2 is 1.83 bits per heavy atom. The number of amides is 1. The molecule has 0 aromatic rings. The molecule has 2 unspecified atom stereocenters. The quantitative estimate of drug-likeness (QED) is 0.678. The molecule has 0 bridgehead atoms. The topological polar surface area (TPSA) is 77.9 Å². The fourth-order valence-electron chi connectivity index (χ4n) is 2.69. The van der Waals surface area contributed by atoms with Gasteiger partial charge < -0.3 is 10.0 Å². The first-order valence-corrected chi connectivity index (χ1v) is 8.15. The van der Waals surface area contributed by atoms with Gasteiger partial charge in [-0.1, -0.05) is 6.92 Å². The second-order valence-corrected chi connectivity index (χ2v) is 7.14. The van der Waals surface area contributed by atoms with Gasteiger partial charge in [-0.15, -0.1) is 0 Å². The highest BCUT2D eigenvalue weighted by atomic mass is 32.2. The van der Waals surface area contributed by atoms with Crippen LogP contribution in [0.2, 0.25) is 0 Å². The number of aliphatic hydroxyl groups is 1. The molecule has 2 fully saturated rings. The van der Waals surface area contributed by atoms with Gasteiger partial charge in [-0.25, -0.2) is 8.42 Å².